The molecule has 7 nitrogen and oxygen atoms in total. The number of ether oxygens (including phenoxy) is 1. The Morgan fingerprint density at radius 1 is 1.02 bits per heavy atom. The van der Waals surface area contributed by atoms with Crippen molar-refractivity contribution in [2.24, 2.45) is 0 Å². The summed E-state index contributed by atoms with van der Waals surface area (Å²) >= 11 is 1.71. The van der Waals surface area contributed by atoms with Crippen LogP contribution in [0, 0.1) is 0 Å². The van der Waals surface area contributed by atoms with E-state index < -0.39 is 24.1 Å². The predicted molar refractivity (Wildman–Crippen MR) is 150 cm³/mol. The summed E-state index contributed by atoms with van der Waals surface area (Å²) < 4.78 is 47.7. The SMILES string of the molecule is CCCc1nc2cc(OC([C@@H](C)O)N3CCN(CCn4cc(-c5ccc(C(F)(F)F)cc5)cn4)CC3)ccc2s1. The van der Waals surface area contributed by atoms with Gasteiger partial charge in [-0.2, -0.15) is 18.3 Å². The number of piperazine rings is 1. The number of hydrogen-bond acceptors (Lipinski definition) is 7. The molecule has 0 saturated carbocycles. The van der Waals surface area contributed by atoms with Crippen molar-refractivity contribution in [1.82, 2.24) is 24.6 Å². The summed E-state index contributed by atoms with van der Waals surface area (Å²) in [4.78, 5) is 9.23. The Bertz CT molecular complexity index is 1390. The predicted octanol–water partition coefficient (Wildman–Crippen LogP) is 5.53. The van der Waals surface area contributed by atoms with Gasteiger partial charge in [-0.25, -0.2) is 4.98 Å². The first-order valence-corrected chi connectivity index (χ1v) is 14.4. The Morgan fingerprint density at radius 3 is 2.45 bits per heavy atom. The highest BCUT2D eigenvalue weighted by Gasteiger charge is 2.30. The molecule has 4 aromatic rings. The van der Waals surface area contributed by atoms with Gasteiger partial charge in [0.2, 0.25) is 0 Å². The number of benzene rings is 2. The van der Waals surface area contributed by atoms with Gasteiger partial charge in [0.25, 0.3) is 0 Å². The van der Waals surface area contributed by atoms with Crippen molar-refractivity contribution in [3.8, 4) is 16.9 Å². The van der Waals surface area contributed by atoms with Gasteiger partial charge in [-0.3, -0.25) is 14.5 Å². The van der Waals surface area contributed by atoms with Gasteiger partial charge in [0.05, 0.1) is 33.5 Å². The molecule has 1 aliphatic rings. The fourth-order valence-corrected chi connectivity index (χ4v) is 5.99. The average molecular weight is 574 g/mol. The number of fused-ring (bicyclic) bond motifs is 1. The zero-order valence-electron chi connectivity index (χ0n) is 22.6. The number of rotatable bonds is 10. The molecule has 214 valence electrons. The van der Waals surface area contributed by atoms with E-state index in [1.54, 1.807) is 24.5 Å². The Morgan fingerprint density at radius 2 is 1.77 bits per heavy atom. The molecule has 0 amide bonds. The Labute approximate surface area is 235 Å². The third-order valence-electron chi connectivity index (χ3n) is 7.13. The zero-order valence-corrected chi connectivity index (χ0v) is 23.5. The first-order valence-electron chi connectivity index (χ1n) is 13.6. The third-order valence-corrected chi connectivity index (χ3v) is 8.22. The van der Waals surface area contributed by atoms with E-state index in [0.717, 1.165) is 78.5 Å². The van der Waals surface area contributed by atoms with Crippen LogP contribution >= 0.6 is 11.3 Å². The molecule has 1 saturated heterocycles. The van der Waals surface area contributed by atoms with Crippen LogP contribution in [-0.2, 0) is 19.1 Å². The third kappa shape index (κ3) is 6.83. The van der Waals surface area contributed by atoms with Crippen molar-refractivity contribution < 1.29 is 23.0 Å². The molecular formula is C29H34F3N5O2S. The molecule has 11 heteroatoms. The lowest BCUT2D eigenvalue weighted by Crippen LogP contribution is -2.55. The molecule has 0 spiro atoms. The quantitative estimate of drug-likeness (QED) is 0.269. The van der Waals surface area contributed by atoms with E-state index >= 15 is 0 Å². The molecule has 5 rings (SSSR count). The summed E-state index contributed by atoms with van der Waals surface area (Å²) in [7, 11) is 0. The molecule has 2 aromatic carbocycles. The van der Waals surface area contributed by atoms with Crippen molar-refractivity contribution in [2.45, 2.75) is 51.7 Å². The molecule has 2 atom stereocenters. The highest BCUT2D eigenvalue weighted by atomic mass is 32.1. The maximum atomic E-state index is 12.8. The zero-order chi connectivity index (χ0) is 28.3. The summed E-state index contributed by atoms with van der Waals surface area (Å²) in [5.41, 5.74) is 1.76. The second-order valence-electron chi connectivity index (χ2n) is 10.2. The second kappa shape index (κ2) is 12.3. The van der Waals surface area contributed by atoms with Gasteiger partial charge in [-0.15, -0.1) is 11.3 Å². The van der Waals surface area contributed by atoms with Gasteiger partial charge in [-0.1, -0.05) is 19.1 Å². The second-order valence-corrected chi connectivity index (χ2v) is 11.3. The number of thiazole rings is 1. The van der Waals surface area contributed by atoms with Crippen LogP contribution in [0.15, 0.2) is 54.9 Å². The van der Waals surface area contributed by atoms with Crippen LogP contribution in [0.4, 0.5) is 13.2 Å². The molecular weight excluding hydrogens is 539 g/mol. The van der Waals surface area contributed by atoms with E-state index in [2.05, 4.69) is 21.8 Å². The highest BCUT2D eigenvalue weighted by Crippen LogP contribution is 2.31. The largest absolute Gasteiger partial charge is 0.472 e. The smallest absolute Gasteiger partial charge is 0.416 e. The average Bonchev–Trinajstić information content (AvgIpc) is 3.57. The lowest BCUT2D eigenvalue weighted by Gasteiger charge is -2.40. The topological polar surface area (TPSA) is 66.7 Å². The van der Waals surface area contributed by atoms with Crippen LogP contribution in [-0.4, -0.2) is 74.7 Å². The molecule has 2 aromatic heterocycles. The number of nitrogens with zero attached hydrogens (tertiary/aromatic N) is 5. The molecule has 0 bridgehead atoms. The number of halogens is 3. The van der Waals surface area contributed by atoms with E-state index in [1.165, 1.54) is 12.1 Å². The lowest BCUT2D eigenvalue weighted by molar-refractivity contribution is -0.137. The molecule has 0 radical (unpaired) electrons. The number of alkyl halides is 3. The van der Waals surface area contributed by atoms with E-state index in [4.69, 9.17) is 9.72 Å². The lowest BCUT2D eigenvalue weighted by atomic mass is 10.1. The van der Waals surface area contributed by atoms with Crippen LogP contribution in [0.1, 0.15) is 30.8 Å². The first kappa shape index (κ1) is 28.5. The number of hydrogen-bond donors (Lipinski definition) is 1. The fourth-order valence-electron chi connectivity index (χ4n) is 4.94. The monoisotopic (exact) mass is 573 g/mol. The van der Waals surface area contributed by atoms with E-state index in [9.17, 15) is 18.3 Å². The molecule has 0 aliphatic carbocycles. The highest BCUT2D eigenvalue weighted by molar-refractivity contribution is 7.18. The van der Waals surface area contributed by atoms with Crippen LogP contribution < -0.4 is 4.74 Å². The van der Waals surface area contributed by atoms with Crippen LogP contribution in [0.25, 0.3) is 21.3 Å². The molecule has 1 fully saturated rings. The molecule has 3 heterocycles. The molecule has 1 N–H and O–H groups in total. The van der Waals surface area contributed by atoms with Gasteiger partial charge >= 0.3 is 6.18 Å². The Balaban J connectivity index is 1.13. The minimum Gasteiger partial charge on any atom is -0.472 e. The van der Waals surface area contributed by atoms with Gasteiger partial charge in [0, 0.05) is 50.6 Å². The van der Waals surface area contributed by atoms with Gasteiger partial charge in [0.1, 0.15) is 11.9 Å². The van der Waals surface area contributed by atoms with E-state index in [1.807, 2.05) is 29.1 Å². The number of aryl methyl sites for hydroxylation is 1. The minimum absolute atomic E-state index is 0.453. The van der Waals surface area contributed by atoms with Gasteiger partial charge < -0.3 is 9.84 Å². The molecule has 40 heavy (non-hydrogen) atoms. The van der Waals surface area contributed by atoms with Gasteiger partial charge in [-0.05, 0) is 49.6 Å². The first-order chi connectivity index (χ1) is 19.2. The van der Waals surface area contributed by atoms with Crippen LogP contribution in [0.2, 0.25) is 0 Å². The van der Waals surface area contributed by atoms with Crippen LogP contribution in [0.3, 0.4) is 0 Å². The normalized spacial score (nSPS) is 16.9. The standard InChI is InChI=1S/C29H34F3N5O2S/c1-3-4-27-34-25-17-24(9-10-26(25)40-27)39-28(20(2)38)36-14-11-35(12-15-36)13-16-37-19-22(18-33-37)21-5-7-23(8-6-21)29(30,31)32/h5-10,17-20,28,38H,3-4,11-16H2,1-2H3/t20-,28?/m1/s1. The Kier molecular flexibility index (Phi) is 8.74. The maximum Gasteiger partial charge on any atom is 0.416 e. The van der Waals surface area contributed by atoms with E-state index in [0.29, 0.717) is 17.9 Å². The van der Waals surface area contributed by atoms with Crippen molar-refractivity contribution in [3.63, 3.8) is 0 Å². The molecule has 1 unspecified atom stereocenters. The van der Waals surface area contributed by atoms with Crippen molar-refractivity contribution >= 4 is 21.6 Å². The van der Waals surface area contributed by atoms with E-state index in [-0.39, 0.29) is 0 Å². The van der Waals surface area contributed by atoms with Crippen LogP contribution in [0.5, 0.6) is 5.75 Å². The number of aliphatic hydroxyl groups is 1. The minimum atomic E-state index is -4.34. The summed E-state index contributed by atoms with van der Waals surface area (Å²) in [5, 5.41) is 16.0. The fraction of sp³-hybridized carbons (Fsp3) is 0.448. The summed E-state index contributed by atoms with van der Waals surface area (Å²) in [5.74, 6) is 0.705. The summed E-state index contributed by atoms with van der Waals surface area (Å²) in [6.07, 6.45) is 0.107. The maximum absolute atomic E-state index is 12.8. The van der Waals surface area contributed by atoms with Crippen molar-refractivity contribution in [3.05, 3.63) is 65.4 Å². The van der Waals surface area contributed by atoms with Crippen molar-refractivity contribution in [2.75, 3.05) is 32.7 Å². The van der Waals surface area contributed by atoms with Gasteiger partial charge in [0.15, 0.2) is 6.23 Å². The van der Waals surface area contributed by atoms with Crippen molar-refractivity contribution in [1.29, 1.82) is 0 Å². The Hall–Kier alpha value is -2.99. The summed E-state index contributed by atoms with van der Waals surface area (Å²) in [6.45, 7) is 8.52. The number of aliphatic hydroxyl groups excluding tert-OH is 1. The molecule has 1 aliphatic heterocycles. The summed E-state index contributed by atoms with van der Waals surface area (Å²) in [6, 6.07) is 11.1. The number of aromatic nitrogens is 3.